The van der Waals surface area contributed by atoms with Crippen molar-refractivity contribution >= 4 is 17.5 Å². The zero-order valence-corrected chi connectivity index (χ0v) is 11.6. The molecular formula is C13H14N2O3S. The summed E-state index contributed by atoms with van der Waals surface area (Å²) < 4.78 is 10.9. The van der Waals surface area contributed by atoms with Crippen molar-refractivity contribution in [3.8, 4) is 5.75 Å². The van der Waals surface area contributed by atoms with Gasteiger partial charge in [-0.3, -0.25) is 4.79 Å². The average molecular weight is 278 g/mol. The van der Waals surface area contributed by atoms with Crippen molar-refractivity contribution in [2.75, 3.05) is 5.75 Å². The normalized spacial score (nSPS) is 10.4. The number of carbonyl (C=O) groups excluding carboxylic acids is 1. The Labute approximate surface area is 115 Å². The predicted octanol–water partition coefficient (Wildman–Crippen LogP) is 2.64. The largest absolute Gasteiger partial charge is 0.484 e. The lowest BCUT2D eigenvalue weighted by Crippen LogP contribution is -1.95. The number of ketones is 1. The first-order valence-corrected chi connectivity index (χ1v) is 6.76. The summed E-state index contributed by atoms with van der Waals surface area (Å²) >= 11 is 1.23. The molecule has 100 valence electrons. The highest BCUT2D eigenvalue weighted by atomic mass is 32.2. The van der Waals surface area contributed by atoms with Gasteiger partial charge in [-0.15, -0.1) is 10.2 Å². The van der Waals surface area contributed by atoms with Gasteiger partial charge in [-0.1, -0.05) is 29.5 Å². The van der Waals surface area contributed by atoms with E-state index in [-0.39, 0.29) is 12.4 Å². The Kier molecular flexibility index (Phi) is 4.57. The molecule has 0 aliphatic carbocycles. The van der Waals surface area contributed by atoms with Crippen molar-refractivity contribution < 1.29 is 13.9 Å². The molecule has 0 saturated carbocycles. The minimum atomic E-state index is 0.0701. The summed E-state index contributed by atoms with van der Waals surface area (Å²) in [5.41, 5.74) is 1.17. The Morgan fingerprint density at radius 2 is 2.05 bits per heavy atom. The summed E-state index contributed by atoms with van der Waals surface area (Å²) in [4.78, 5) is 10.8. The summed E-state index contributed by atoms with van der Waals surface area (Å²) in [6.45, 7) is 3.75. The number of aryl methyl sites for hydroxylation is 1. The molecule has 1 aromatic heterocycles. The lowest BCUT2D eigenvalue weighted by atomic mass is 10.2. The van der Waals surface area contributed by atoms with Crippen LogP contribution in [0.25, 0.3) is 0 Å². The first-order valence-electron chi connectivity index (χ1n) is 5.77. The van der Waals surface area contributed by atoms with Crippen LogP contribution in [0, 0.1) is 6.92 Å². The van der Waals surface area contributed by atoms with Crippen LogP contribution >= 0.6 is 11.8 Å². The average Bonchev–Trinajstić information content (AvgIpc) is 2.84. The standard InChI is InChI=1S/C13H14N2O3S/c1-9-3-5-11(6-4-9)17-7-12-14-15-13(18-12)19-8-10(2)16/h3-6H,7-8H2,1-2H3. The fourth-order valence-electron chi connectivity index (χ4n) is 1.30. The maximum Gasteiger partial charge on any atom is 0.277 e. The number of thioether (sulfide) groups is 1. The summed E-state index contributed by atoms with van der Waals surface area (Å²) in [7, 11) is 0. The zero-order chi connectivity index (χ0) is 13.7. The highest BCUT2D eigenvalue weighted by Crippen LogP contribution is 2.17. The van der Waals surface area contributed by atoms with Gasteiger partial charge in [0.15, 0.2) is 6.61 Å². The van der Waals surface area contributed by atoms with Gasteiger partial charge in [0.25, 0.3) is 11.1 Å². The Balaban J connectivity index is 1.86. The Morgan fingerprint density at radius 3 is 2.74 bits per heavy atom. The molecule has 0 atom stereocenters. The molecule has 0 bridgehead atoms. The molecule has 5 nitrogen and oxygen atoms in total. The lowest BCUT2D eigenvalue weighted by Gasteiger charge is -2.02. The third-order valence-corrected chi connectivity index (χ3v) is 3.19. The molecule has 2 rings (SSSR count). The molecule has 0 aliphatic heterocycles. The Hall–Kier alpha value is -1.82. The first-order chi connectivity index (χ1) is 9.13. The number of nitrogens with zero attached hydrogens (tertiary/aromatic N) is 2. The third kappa shape index (κ3) is 4.40. The van der Waals surface area contributed by atoms with E-state index in [0.717, 1.165) is 5.75 Å². The van der Waals surface area contributed by atoms with E-state index in [0.29, 0.717) is 16.9 Å². The van der Waals surface area contributed by atoms with Crippen LogP contribution < -0.4 is 4.74 Å². The van der Waals surface area contributed by atoms with Crippen LogP contribution in [0.15, 0.2) is 33.9 Å². The lowest BCUT2D eigenvalue weighted by molar-refractivity contribution is -0.114. The molecule has 0 N–H and O–H groups in total. The Bertz CT molecular complexity index is 551. The van der Waals surface area contributed by atoms with Gasteiger partial charge < -0.3 is 9.15 Å². The highest BCUT2D eigenvalue weighted by Gasteiger charge is 2.08. The second-order valence-electron chi connectivity index (χ2n) is 4.05. The molecule has 0 aliphatic rings. The van der Waals surface area contributed by atoms with E-state index in [4.69, 9.17) is 9.15 Å². The van der Waals surface area contributed by atoms with E-state index in [2.05, 4.69) is 10.2 Å². The van der Waals surface area contributed by atoms with Crippen molar-refractivity contribution in [2.45, 2.75) is 25.7 Å². The number of ether oxygens (including phenoxy) is 1. The van der Waals surface area contributed by atoms with Crippen molar-refractivity contribution in [3.05, 3.63) is 35.7 Å². The molecule has 0 fully saturated rings. The SMILES string of the molecule is CC(=O)CSc1nnc(COc2ccc(C)cc2)o1. The molecule has 2 aromatic rings. The van der Waals surface area contributed by atoms with Crippen molar-refractivity contribution in [1.29, 1.82) is 0 Å². The molecule has 19 heavy (non-hydrogen) atoms. The van der Waals surface area contributed by atoms with E-state index < -0.39 is 0 Å². The van der Waals surface area contributed by atoms with Crippen molar-refractivity contribution in [1.82, 2.24) is 10.2 Å². The zero-order valence-electron chi connectivity index (χ0n) is 10.8. The molecular weight excluding hydrogens is 264 g/mol. The number of aromatic nitrogens is 2. The number of hydrogen-bond donors (Lipinski definition) is 0. The summed E-state index contributed by atoms with van der Waals surface area (Å²) in [5, 5.41) is 8.07. The second-order valence-corrected chi connectivity index (χ2v) is 4.98. The maximum atomic E-state index is 10.8. The third-order valence-electron chi connectivity index (χ3n) is 2.23. The summed E-state index contributed by atoms with van der Waals surface area (Å²) in [6, 6.07) is 7.71. The number of hydrogen-bond acceptors (Lipinski definition) is 6. The summed E-state index contributed by atoms with van der Waals surface area (Å²) in [5.74, 6) is 1.55. The molecule has 1 heterocycles. The molecule has 1 aromatic carbocycles. The smallest absolute Gasteiger partial charge is 0.277 e. The monoisotopic (exact) mass is 278 g/mol. The van der Waals surface area contributed by atoms with E-state index >= 15 is 0 Å². The summed E-state index contributed by atoms with van der Waals surface area (Å²) in [6.07, 6.45) is 0. The van der Waals surface area contributed by atoms with E-state index in [1.54, 1.807) is 0 Å². The molecule has 0 unspecified atom stereocenters. The predicted molar refractivity (Wildman–Crippen MR) is 71.2 cm³/mol. The molecule has 0 radical (unpaired) electrons. The molecule has 0 amide bonds. The molecule has 0 spiro atoms. The van der Waals surface area contributed by atoms with Gasteiger partial charge >= 0.3 is 0 Å². The van der Waals surface area contributed by atoms with Crippen LogP contribution in [0.4, 0.5) is 0 Å². The van der Waals surface area contributed by atoms with E-state index in [9.17, 15) is 4.79 Å². The fourth-order valence-corrected chi connectivity index (χ4v) is 1.88. The quantitative estimate of drug-likeness (QED) is 0.757. The maximum absolute atomic E-state index is 10.8. The minimum absolute atomic E-state index is 0.0701. The number of carbonyl (C=O) groups is 1. The van der Waals surface area contributed by atoms with E-state index in [1.165, 1.54) is 24.2 Å². The first kappa shape index (κ1) is 13.6. The van der Waals surface area contributed by atoms with Crippen LogP contribution in [0.3, 0.4) is 0 Å². The van der Waals surface area contributed by atoms with Crippen LogP contribution in [-0.4, -0.2) is 21.7 Å². The van der Waals surface area contributed by atoms with Gasteiger partial charge in [0.2, 0.25) is 0 Å². The van der Waals surface area contributed by atoms with Gasteiger partial charge in [0.05, 0.1) is 5.75 Å². The van der Waals surface area contributed by atoms with Crippen molar-refractivity contribution in [3.63, 3.8) is 0 Å². The highest BCUT2D eigenvalue weighted by molar-refractivity contribution is 7.99. The van der Waals surface area contributed by atoms with Crippen molar-refractivity contribution in [2.24, 2.45) is 0 Å². The van der Waals surface area contributed by atoms with Gasteiger partial charge in [0.1, 0.15) is 11.5 Å². The van der Waals surface area contributed by atoms with Gasteiger partial charge in [-0.05, 0) is 26.0 Å². The number of Topliss-reactive ketones (excluding diaryl/α,β-unsaturated/α-hetero) is 1. The second kappa shape index (κ2) is 6.38. The minimum Gasteiger partial charge on any atom is -0.484 e. The number of rotatable bonds is 6. The van der Waals surface area contributed by atoms with Crippen LogP contribution in [0.5, 0.6) is 5.75 Å². The van der Waals surface area contributed by atoms with Crippen LogP contribution in [0.2, 0.25) is 0 Å². The van der Waals surface area contributed by atoms with Gasteiger partial charge in [-0.2, -0.15) is 0 Å². The fraction of sp³-hybridized carbons (Fsp3) is 0.308. The number of benzene rings is 1. The van der Waals surface area contributed by atoms with Crippen LogP contribution in [0.1, 0.15) is 18.4 Å². The Morgan fingerprint density at radius 1 is 1.32 bits per heavy atom. The van der Waals surface area contributed by atoms with Crippen LogP contribution in [-0.2, 0) is 11.4 Å². The van der Waals surface area contributed by atoms with E-state index in [1.807, 2.05) is 31.2 Å². The topological polar surface area (TPSA) is 65.2 Å². The van der Waals surface area contributed by atoms with Gasteiger partial charge in [0, 0.05) is 0 Å². The van der Waals surface area contributed by atoms with Gasteiger partial charge in [-0.25, -0.2) is 0 Å². The molecule has 0 saturated heterocycles. The molecule has 6 heteroatoms.